The molecule has 0 N–H and O–H groups in total. The molecule has 4 aromatic rings. The van der Waals surface area contributed by atoms with Gasteiger partial charge in [0.1, 0.15) is 0 Å². The van der Waals surface area contributed by atoms with E-state index in [2.05, 4.69) is 127 Å². The minimum atomic E-state index is -3.53. The molecule has 0 aromatic heterocycles. The summed E-state index contributed by atoms with van der Waals surface area (Å²) in [6.45, 7) is 6.91. The number of fused-ring (bicyclic) bond motifs is 4. The summed E-state index contributed by atoms with van der Waals surface area (Å²) < 4.78 is 6.48. The molecule has 6 rings (SSSR count). The van der Waals surface area contributed by atoms with E-state index < -0.39 is 17.4 Å². The van der Waals surface area contributed by atoms with Crippen LogP contribution in [0.1, 0.15) is 46.2 Å². The van der Waals surface area contributed by atoms with E-state index in [9.17, 15) is 0 Å². The molecule has 0 saturated heterocycles. The summed E-state index contributed by atoms with van der Waals surface area (Å²) in [7, 11) is 0. The van der Waals surface area contributed by atoms with E-state index >= 15 is 0 Å². The number of aryl methyl sites for hydroxylation is 2. The summed E-state index contributed by atoms with van der Waals surface area (Å²) in [5, 5.41) is 0. The van der Waals surface area contributed by atoms with Gasteiger partial charge in [0, 0.05) is 0 Å². The van der Waals surface area contributed by atoms with Crippen molar-refractivity contribution in [1.29, 1.82) is 0 Å². The Balaban J connectivity index is 1.61. The van der Waals surface area contributed by atoms with Crippen molar-refractivity contribution in [3.63, 3.8) is 0 Å². The van der Waals surface area contributed by atoms with Crippen LogP contribution in [0.15, 0.2) is 97.1 Å². The molecule has 0 saturated carbocycles. The third-order valence-electron chi connectivity index (χ3n) is 8.30. The van der Waals surface area contributed by atoms with Crippen molar-refractivity contribution >= 4 is 12.5 Å². The third-order valence-corrected chi connectivity index (χ3v) is 25.7. The van der Waals surface area contributed by atoms with Crippen LogP contribution in [-0.4, -0.2) is 6.88 Å². The molecule has 0 fully saturated rings. The van der Waals surface area contributed by atoms with Crippen molar-refractivity contribution in [2.24, 2.45) is 0 Å². The quantitative estimate of drug-likeness (QED) is 0.234. The molecule has 4 aromatic carbocycles. The first-order chi connectivity index (χ1) is 16.2. The SMILES string of the molecule is Cc1ccc2c(c1)[CH]([Zr]([CH3])([CH3])(=[SiH2])[CH]1C=C(c3ccccc3)c3ccccc31)c1cc(C)ccc1-2. The van der Waals surface area contributed by atoms with Gasteiger partial charge in [-0.05, 0) is 0 Å². The first-order valence-electron chi connectivity index (χ1n) is 12.4. The normalized spacial score (nSPS) is 17.2. The summed E-state index contributed by atoms with van der Waals surface area (Å²) in [6, 6.07) is 34.5. The van der Waals surface area contributed by atoms with Crippen molar-refractivity contribution in [3.8, 4) is 11.1 Å². The van der Waals surface area contributed by atoms with Crippen LogP contribution in [0, 0.1) is 13.8 Å². The van der Waals surface area contributed by atoms with Crippen molar-refractivity contribution in [1.82, 2.24) is 0 Å². The van der Waals surface area contributed by atoms with Crippen LogP contribution >= 0.6 is 0 Å². The Morgan fingerprint density at radius 1 is 0.618 bits per heavy atom. The Kier molecular flexibility index (Phi) is 4.97. The topological polar surface area (TPSA) is 0 Å². The maximum absolute atomic E-state index is 3.53. The van der Waals surface area contributed by atoms with Crippen LogP contribution < -0.4 is 0 Å². The number of hydrogen-bond acceptors (Lipinski definition) is 0. The molecule has 0 nitrogen and oxygen atoms in total. The molecule has 34 heavy (non-hydrogen) atoms. The molecule has 0 bridgehead atoms. The average Bonchev–Trinajstić information content (AvgIpc) is 3.36. The van der Waals surface area contributed by atoms with Gasteiger partial charge in [0.2, 0.25) is 0 Å². The van der Waals surface area contributed by atoms with Crippen LogP contribution in [0.5, 0.6) is 0 Å². The molecule has 168 valence electrons. The average molecular weight is 536 g/mol. The van der Waals surface area contributed by atoms with Gasteiger partial charge in [0.05, 0.1) is 0 Å². The van der Waals surface area contributed by atoms with E-state index in [1.807, 2.05) is 0 Å². The van der Waals surface area contributed by atoms with Crippen molar-refractivity contribution in [2.45, 2.75) is 30.4 Å². The molecule has 0 radical (unpaired) electrons. The summed E-state index contributed by atoms with van der Waals surface area (Å²) in [5.41, 5.74) is 14.5. The minimum absolute atomic E-state index is 0.510. The Bertz CT molecular complexity index is 1500. The predicted molar refractivity (Wildman–Crippen MR) is 146 cm³/mol. The molecule has 1 atom stereocenters. The van der Waals surface area contributed by atoms with Crippen LogP contribution in [0.25, 0.3) is 16.7 Å². The van der Waals surface area contributed by atoms with Gasteiger partial charge in [-0.3, -0.25) is 0 Å². The summed E-state index contributed by atoms with van der Waals surface area (Å²) in [5.74, 6) is 0. The van der Waals surface area contributed by atoms with Gasteiger partial charge < -0.3 is 0 Å². The fraction of sp³-hybridized carbons (Fsp3) is 0.188. The van der Waals surface area contributed by atoms with Crippen LogP contribution in [0.4, 0.5) is 0 Å². The zero-order valence-corrected chi connectivity index (χ0v) is 24.5. The number of hydrogen-bond donors (Lipinski definition) is 0. The van der Waals surface area contributed by atoms with Gasteiger partial charge in [-0.2, -0.15) is 0 Å². The molecule has 0 amide bonds. The molecular weight excluding hydrogens is 504 g/mol. The zero-order valence-electron chi connectivity index (χ0n) is 20.6. The van der Waals surface area contributed by atoms with Crippen molar-refractivity contribution in [3.05, 3.63) is 136 Å². The van der Waals surface area contributed by atoms with Gasteiger partial charge >= 0.3 is 207 Å². The van der Waals surface area contributed by atoms with Gasteiger partial charge in [0.15, 0.2) is 0 Å². The maximum atomic E-state index is 2.72. The molecule has 0 spiro atoms. The third kappa shape index (κ3) is 3.26. The first kappa shape index (κ1) is 22.2. The molecule has 0 aliphatic heterocycles. The van der Waals surface area contributed by atoms with Gasteiger partial charge in [-0.1, -0.05) is 0 Å². The van der Waals surface area contributed by atoms with E-state index in [-0.39, 0.29) is 0 Å². The second-order valence-corrected chi connectivity index (χ2v) is 42.1. The zero-order chi connectivity index (χ0) is 23.7. The molecule has 0 heterocycles. The van der Waals surface area contributed by atoms with E-state index in [1.165, 1.54) is 39.0 Å². The summed E-state index contributed by atoms with van der Waals surface area (Å²) >= 11 is -3.53. The van der Waals surface area contributed by atoms with Gasteiger partial charge in [-0.15, -0.1) is 0 Å². The molecule has 2 aliphatic rings. The second-order valence-electron chi connectivity index (χ2n) is 11.6. The second kappa shape index (κ2) is 7.61. The number of allylic oxidation sites excluding steroid dienone is 1. The van der Waals surface area contributed by atoms with Gasteiger partial charge in [0.25, 0.3) is 0 Å². The van der Waals surface area contributed by atoms with Crippen LogP contribution in [-0.2, 0) is 17.4 Å². The van der Waals surface area contributed by atoms with E-state index in [0.717, 1.165) is 0 Å². The standard InChI is InChI=1S/C15H13.C15H11.2CH3.H2Si.Zr/c1-10-3-5-14-12(7-10)9-13-8-11(2)4-6-15(13)14;1-2-6-12(7-3-1)15-11-10-13-8-4-5-9-14(13)15;;;;/h3-9H,1-2H3;1-11H;2*1H3;1H2;. The van der Waals surface area contributed by atoms with E-state index in [0.29, 0.717) is 7.25 Å². The predicted octanol–water partition coefficient (Wildman–Crippen LogP) is 7.89. The van der Waals surface area contributed by atoms with E-state index in [1.54, 1.807) is 16.7 Å². The molecule has 2 heteroatoms. The van der Waals surface area contributed by atoms with Crippen molar-refractivity contribution in [2.75, 3.05) is 0 Å². The fourth-order valence-corrected chi connectivity index (χ4v) is 23.3. The fourth-order valence-electron chi connectivity index (χ4n) is 6.71. The van der Waals surface area contributed by atoms with Crippen LogP contribution in [0.3, 0.4) is 0 Å². The summed E-state index contributed by atoms with van der Waals surface area (Å²) in [4.78, 5) is 0. The van der Waals surface area contributed by atoms with Crippen molar-refractivity contribution < 1.29 is 17.4 Å². The van der Waals surface area contributed by atoms with Gasteiger partial charge in [-0.25, -0.2) is 0 Å². The van der Waals surface area contributed by atoms with E-state index in [4.69, 9.17) is 0 Å². The first-order valence-corrected chi connectivity index (χ1v) is 26.1. The monoisotopic (exact) mass is 534 g/mol. The number of benzene rings is 4. The van der Waals surface area contributed by atoms with Crippen LogP contribution in [0.2, 0.25) is 9.26 Å². The number of rotatable bonds is 3. The Morgan fingerprint density at radius 2 is 1.18 bits per heavy atom. The molecule has 1 unspecified atom stereocenters. The Labute approximate surface area is 206 Å². The Hall–Kier alpha value is -2.28. The summed E-state index contributed by atoms with van der Waals surface area (Å²) in [6.07, 6.45) is 2.65. The molecular formula is C32H32SiZr. The molecule has 2 aliphatic carbocycles. The Morgan fingerprint density at radius 3 is 1.79 bits per heavy atom.